The summed E-state index contributed by atoms with van der Waals surface area (Å²) in [5.41, 5.74) is 3.15. The summed E-state index contributed by atoms with van der Waals surface area (Å²) in [4.78, 5) is 12.2. The number of halogens is 1. The molecule has 0 aliphatic carbocycles. The molecule has 0 heterocycles. The number of aromatic hydroxyl groups is 1. The third kappa shape index (κ3) is 4.33. The average Bonchev–Trinajstić information content (AvgIpc) is 2.48. The number of anilines is 1. The molecule has 0 unspecified atom stereocenters. The zero-order chi connectivity index (χ0) is 15.2. The minimum absolute atomic E-state index is 0.00598. The Morgan fingerprint density at radius 1 is 1.24 bits per heavy atom. The number of phenols is 1. The van der Waals surface area contributed by atoms with Crippen LogP contribution in [0.15, 0.2) is 42.5 Å². The van der Waals surface area contributed by atoms with Crippen LogP contribution < -0.4 is 5.32 Å². The van der Waals surface area contributed by atoms with Crippen molar-refractivity contribution in [3.05, 3.63) is 59.2 Å². The Morgan fingerprint density at radius 2 is 2.05 bits per heavy atom. The van der Waals surface area contributed by atoms with Crippen LogP contribution in [0.25, 0.3) is 0 Å². The topological polar surface area (TPSA) is 49.3 Å². The van der Waals surface area contributed by atoms with Crippen molar-refractivity contribution in [2.75, 3.05) is 10.6 Å². The summed E-state index contributed by atoms with van der Waals surface area (Å²) in [6.07, 6.45) is 2.01. The molecule has 2 rings (SSSR count). The fraction of sp³-hybridized carbons (Fsp3) is 0.235. The van der Waals surface area contributed by atoms with Crippen molar-refractivity contribution in [1.29, 1.82) is 0 Å². The summed E-state index contributed by atoms with van der Waals surface area (Å²) in [5, 5.41) is 13.6. The van der Waals surface area contributed by atoms with Crippen molar-refractivity contribution < 1.29 is 9.90 Å². The molecule has 0 atom stereocenters. The van der Waals surface area contributed by atoms with Gasteiger partial charge in [-0.2, -0.15) is 0 Å². The smallest absolute Gasteiger partial charge is 0.259 e. The van der Waals surface area contributed by atoms with E-state index < -0.39 is 0 Å². The lowest BCUT2D eigenvalue weighted by Crippen LogP contribution is -2.12. The molecule has 1 amide bonds. The van der Waals surface area contributed by atoms with Gasteiger partial charge >= 0.3 is 0 Å². The Morgan fingerprint density at radius 3 is 2.81 bits per heavy atom. The van der Waals surface area contributed by atoms with Crippen LogP contribution in [0.3, 0.4) is 0 Å². The number of carbonyl (C=O) groups is 1. The monoisotopic (exact) mass is 347 g/mol. The molecule has 0 saturated carbocycles. The molecule has 2 N–H and O–H groups in total. The minimum atomic E-state index is -0.297. The second kappa shape index (κ2) is 7.27. The Bertz CT molecular complexity index is 640. The van der Waals surface area contributed by atoms with Crippen LogP contribution >= 0.6 is 15.9 Å². The summed E-state index contributed by atoms with van der Waals surface area (Å²) in [5.74, 6) is -0.303. The Balaban J connectivity index is 2.14. The molecule has 0 bridgehead atoms. The van der Waals surface area contributed by atoms with Gasteiger partial charge in [0.25, 0.3) is 5.91 Å². The number of carbonyl (C=O) groups excluding carboxylic acids is 1. The number of hydrogen-bond acceptors (Lipinski definition) is 2. The molecular formula is C17H18BrNO2. The number of rotatable bonds is 5. The Hall–Kier alpha value is -1.81. The first-order valence-electron chi connectivity index (χ1n) is 6.86. The molecule has 0 saturated heterocycles. The largest absolute Gasteiger partial charge is 0.507 e. The van der Waals surface area contributed by atoms with E-state index in [-0.39, 0.29) is 11.7 Å². The van der Waals surface area contributed by atoms with Gasteiger partial charge in [-0.05, 0) is 49.6 Å². The molecule has 3 nitrogen and oxygen atoms in total. The molecule has 21 heavy (non-hydrogen) atoms. The molecule has 0 aliphatic rings. The molecule has 0 aliphatic heterocycles. The quantitative estimate of drug-likeness (QED) is 0.793. The van der Waals surface area contributed by atoms with Crippen LogP contribution in [0.5, 0.6) is 5.75 Å². The highest BCUT2D eigenvalue weighted by molar-refractivity contribution is 9.09. The van der Waals surface area contributed by atoms with Crippen LogP contribution in [0.2, 0.25) is 0 Å². The van der Waals surface area contributed by atoms with Gasteiger partial charge < -0.3 is 10.4 Å². The average molecular weight is 348 g/mol. The van der Waals surface area contributed by atoms with Gasteiger partial charge in [0.15, 0.2) is 0 Å². The lowest BCUT2D eigenvalue weighted by atomic mass is 10.1. The lowest BCUT2D eigenvalue weighted by Gasteiger charge is -2.09. The van der Waals surface area contributed by atoms with Crippen LogP contribution in [-0.2, 0) is 6.42 Å². The van der Waals surface area contributed by atoms with E-state index in [0.29, 0.717) is 5.56 Å². The van der Waals surface area contributed by atoms with Gasteiger partial charge in [0.1, 0.15) is 5.75 Å². The van der Waals surface area contributed by atoms with E-state index >= 15 is 0 Å². The molecule has 2 aromatic carbocycles. The Labute approximate surface area is 133 Å². The number of amides is 1. The number of benzene rings is 2. The highest BCUT2D eigenvalue weighted by Gasteiger charge is 2.11. The molecule has 0 aromatic heterocycles. The minimum Gasteiger partial charge on any atom is -0.507 e. The fourth-order valence-electron chi connectivity index (χ4n) is 2.11. The first-order valence-corrected chi connectivity index (χ1v) is 7.98. The SMILES string of the molecule is Cc1ccc(O)c(C(=O)Nc2cccc(CCCBr)c2)c1. The van der Waals surface area contributed by atoms with Gasteiger partial charge in [-0.25, -0.2) is 0 Å². The number of hydrogen-bond donors (Lipinski definition) is 2. The first-order chi connectivity index (χ1) is 10.1. The van der Waals surface area contributed by atoms with E-state index in [2.05, 4.69) is 21.2 Å². The second-order valence-corrected chi connectivity index (χ2v) is 5.76. The number of aryl methyl sites for hydroxylation is 2. The summed E-state index contributed by atoms with van der Waals surface area (Å²) in [6, 6.07) is 12.8. The van der Waals surface area contributed by atoms with Gasteiger partial charge in [0, 0.05) is 11.0 Å². The highest BCUT2D eigenvalue weighted by Crippen LogP contribution is 2.20. The van der Waals surface area contributed by atoms with Gasteiger partial charge in [0.05, 0.1) is 5.56 Å². The van der Waals surface area contributed by atoms with Crippen molar-refractivity contribution in [3.63, 3.8) is 0 Å². The molecule has 0 fully saturated rings. The zero-order valence-electron chi connectivity index (χ0n) is 11.9. The van der Waals surface area contributed by atoms with Gasteiger partial charge in [0.2, 0.25) is 0 Å². The molecular weight excluding hydrogens is 330 g/mol. The maximum absolute atomic E-state index is 12.2. The number of phenolic OH excluding ortho intramolecular Hbond substituents is 1. The summed E-state index contributed by atoms with van der Waals surface area (Å²) >= 11 is 3.41. The molecule has 2 aromatic rings. The maximum Gasteiger partial charge on any atom is 0.259 e. The number of nitrogens with one attached hydrogen (secondary N) is 1. The maximum atomic E-state index is 12.2. The fourth-order valence-corrected chi connectivity index (χ4v) is 2.39. The van der Waals surface area contributed by atoms with Gasteiger partial charge in [-0.15, -0.1) is 0 Å². The normalized spacial score (nSPS) is 10.4. The van der Waals surface area contributed by atoms with Crippen LogP contribution in [-0.4, -0.2) is 16.3 Å². The number of alkyl halides is 1. The van der Waals surface area contributed by atoms with E-state index in [1.54, 1.807) is 12.1 Å². The highest BCUT2D eigenvalue weighted by atomic mass is 79.9. The van der Waals surface area contributed by atoms with Crippen LogP contribution in [0, 0.1) is 6.92 Å². The van der Waals surface area contributed by atoms with Crippen molar-refractivity contribution in [3.8, 4) is 5.75 Å². The van der Waals surface area contributed by atoms with E-state index in [1.165, 1.54) is 11.6 Å². The summed E-state index contributed by atoms with van der Waals surface area (Å²) in [7, 11) is 0. The van der Waals surface area contributed by atoms with Gasteiger partial charge in [-0.1, -0.05) is 39.7 Å². The summed E-state index contributed by atoms with van der Waals surface area (Å²) in [6.45, 7) is 1.89. The lowest BCUT2D eigenvalue weighted by molar-refractivity contribution is 0.102. The van der Waals surface area contributed by atoms with E-state index in [0.717, 1.165) is 29.4 Å². The molecule has 110 valence electrons. The standard InChI is InChI=1S/C17H18BrNO2/c1-12-7-8-16(20)15(10-12)17(21)19-14-6-2-4-13(11-14)5-3-9-18/h2,4,6-8,10-11,20H,3,5,9H2,1H3,(H,19,21). The summed E-state index contributed by atoms with van der Waals surface area (Å²) < 4.78 is 0. The van der Waals surface area contributed by atoms with Crippen LogP contribution in [0.1, 0.15) is 27.9 Å². The third-order valence-corrected chi connectivity index (χ3v) is 3.74. The third-order valence-electron chi connectivity index (χ3n) is 3.18. The van der Waals surface area contributed by atoms with Crippen molar-refractivity contribution in [2.24, 2.45) is 0 Å². The van der Waals surface area contributed by atoms with E-state index in [9.17, 15) is 9.90 Å². The first kappa shape index (κ1) is 15.6. The molecule has 4 heteroatoms. The van der Waals surface area contributed by atoms with E-state index in [1.807, 2.05) is 31.2 Å². The Kier molecular flexibility index (Phi) is 5.39. The molecule has 0 radical (unpaired) electrons. The van der Waals surface area contributed by atoms with Gasteiger partial charge in [-0.3, -0.25) is 4.79 Å². The van der Waals surface area contributed by atoms with E-state index in [4.69, 9.17) is 0 Å². The zero-order valence-corrected chi connectivity index (χ0v) is 13.5. The second-order valence-electron chi connectivity index (χ2n) is 4.97. The van der Waals surface area contributed by atoms with Crippen molar-refractivity contribution in [2.45, 2.75) is 19.8 Å². The predicted molar refractivity (Wildman–Crippen MR) is 89.4 cm³/mol. The van der Waals surface area contributed by atoms with Crippen molar-refractivity contribution >= 4 is 27.5 Å². The molecule has 0 spiro atoms. The predicted octanol–water partition coefficient (Wildman–Crippen LogP) is 4.28. The van der Waals surface area contributed by atoms with Crippen molar-refractivity contribution in [1.82, 2.24) is 0 Å². The van der Waals surface area contributed by atoms with Crippen LogP contribution in [0.4, 0.5) is 5.69 Å².